The summed E-state index contributed by atoms with van der Waals surface area (Å²) in [5, 5.41) is 11.9. The number of hydrogen-bond donors (Lipinski definition) is 2. The number of H-pyrrole nitrogens is 1. The van der Waals surface area contributed by atoms with Gasteiger partial charge in [0.25, 0.3) is 11.3 Å². The highest BCUT2D eigenvalue weighted by Crippen LogP contribution is 2.20. The first kappa shape index (κ1) is 14.6. The third-order valence-electron chi connectivity index (χ3n) is 4.07. The van der Waals surface area contributed by atoms with Crippen LogP contribution in [-0.4, -0.2) is 43.7 Å². The Morgan fingerprint density at radius 1 is 1.45 bits per heavy atom. The minimum Gasteiger partial charge on any atom is -0.481 e. The highest BCUT2D eigenvalue weighted by Gasteiger charge is 2.21. The van der Waals surface area contributed by atoms with E-state index in [2.05, 4.69) is 26.9 Å². The Hall–Kier alpha value is -2.38. The number of aromatic amines is 1. The van der Waals surface area contributed by atoms with E-state index in [1.54, 1.807) is 6.92 Å². The second-order valence-corrected chi connectivity index (χ2v) is 5.93. The fourth-order valence-electron chi connectivity index (χ4n) is 2.92. The molecule has 2 aromatic rings. The number of aryl methyl sites for hydroxylation is 1. The van der Waals surface area contributed by atoms with Crippen molar-refractivity contribution in [1.82, 2.24) is 19.6 Å². The molecule has 0 bridgehead atoms. The van der Waals surface area contributed by atoms with E-state index in [1.165, 1.54) is 10.9 Å². The Morgan fingerprint density at radius 2 is 2.23 bits per heavy atom. The van der Waals surface area contributed by atoms with Crippen LogP contribution in [0.4, 0.5) is 5.95 Å². The molecular weight excluding hydrogens is 286 g/mol. The van der Waals surface area contributed by atoms with Gasteiger partial charge in [0.05, 0.1) is 17.7 Å². The van der Waals surface area contributed by atoms with Crippen molar-refractivity contribution in [2.45, 2.75) is 33.1 Å². The van der Waals surface area contributed by atoms with E-state index in [4.69, 9.17) is 5.11 Å². The predicted octanol–water partition coefficient (Wildman–Crippen LogP) is 0.589. The van der Waals surface area contributed by atoms with Gasteiger partial charge in [0.2, 0.25) is 5.95 Å². The molecule has 3 heterocycles. The third-order valence-corrected chi connectivity index (χ3v) is 4.07. The Balaban J connectivity index is 2.04. The number of carboxylic acids is 1. The quantitative estimate of drug-likeness (QED) is 0.860. The maximum Gasteiger partial charge on any atom is 0.308 e. The Kier molecular flexibility index (Phi) is 3.59. The number of fused-ring (bicyclic) bond motifs is 1. The lowest BCUT2D eigenvalue weighted by Crippen LogP contribution is -2.35. The number of piperidine rings is 1. The van der Waals surface area contributed by atoms with Crippen LogP contribution in [0.5, 0.6) is 0 Å². The van der Waals surface area contributed by atoms with Gasteiger partial charge >= 0.3 is 5.97 Å². The normalized spacial score (nSPS) is 18.8. The van der Waals surface area contributed by atoms with Crippen molar-refractivity contribution in [1.29, 1.82) is 0 Å². The van der Waals surface area contributed by atoms with E-state index in [-0.39, 0.29) is 17.8 Å². The van der Waals surface area contributed by atoms with E-state index in [0.717, 1.165) is 19.5 Å². The Labute approximate surface area is 126 Å². The topological polar surface area (TPSA) is 104 Å². The van der Waals surface area contributed by atoms with E-state index < -0.39 is 11.5 Å². The molecule has 2 aromatic heterocycles. The smallest absolute Gasteiger partial charge is 0.308 e. The van der Waals surface area contributed by atoms with Gasteiger partial charge in [-0.2, -0.15) is 9.50 Å². The zero-order valence-corrected chi connectivity index (χ0v) is 12.7. The van der Waals surface area contributed by atoms with Crippen molar-refractivity contribution < 1.29 is 9.90 Å². The second-order valence-electron chi connectivity index (χ2n) is 5.93. The summed E-state index contributed by atoms with van der Waals surface area (Å²) in [6, 6.07) is 0. The van der Waals surface area contributed by atoms with Crippen molar-refractivity contribution >= 4 is 17.7 Å². The average Bonchev–Trinajstić information content (AvgIpc) is 2.87. The summed E-state index contributed by atoms with van der Waals surface area (Å²) in [5.41, 5.74) is 0.207. The fourth-order valence-corrected chi connectivity index (χ4v) is 2.92. The van der Waals surface area contributed by atoms with Crippen LogP contribution < -0.4 is 10.5 Å². The van der Waals surface area contributed by atoms with Crippen molar-refractivity contribution in [3.63, 3.8) is 0 Å². The minimum absolute atomic E-state index is 0.187. The highest BCUT2D eigenvalue weighted by molar-refractivity contribution is 5.70. The molecule has 1 aliphatic rings. The average molecular weight is 305 g/mol. The summed E-state index contributed by atoms with van der Waals surface area (Å²) in [5.74, 6) is 0.426. The van der Waals surface area contributed by atoms with Gasteiger partial charge in [-0.15, -0.1) is 0 Å². The third kappa shape index (κ3) is 2.56. The van der Waals surface area contributed by atoms with Gasteiger partial charge in [-0.1, -0.05) is 6.92 Å². The summed E-state index contributed by atoms with van der Waals surface area (Å²) >= 11 is 0. The van der Waals surface area contributed by atoms with Crippen LogP contribution in [0.25, 0.3) is 5.78 Å². The molecule has 0 saturated carbocycles. The lowest BCUT2D eigenvalue weighted by molar-refractivity contribution is -0.136. The molecule has 0 aliphatic carbocycles. The standard InChI is InChI=1S/C14H19N5O3/c1-8-4-3-5-18(7-8)14-16-13-15-9(2)10(6-11(20)21)12(22)19(13)17-14/h8H,3-7H2,1-2H3,(H,20,21)(H,15,16,17). The number of aromatic nitrogens is 4. The van der Waals surface area contributed by atoms with Crippen LogP contribution in [-0.2, 0) is 11.2 Å². The van der Waals surface area contributed by atoms with Crippen molar-refractivity contribution in [3.8, 4) is 0 Å². The zero-order valence-electron chi connectivity index (χ0n) is 12.7. The van der Waals surface area contributed by atoms with Crippen molar-refractivity contribution in [2.24, 2.45) is 5.92 Å². The van der Waals surface area contributed by atoms with Crippen LogP contribution in [0.1, 0.15) is 31.0 Å². The molecule has 1 saturated heterocycles. The number of nitrogens with zero attached hydrogens (tertiary/aromatic N) is 4. The van der Waals surface area contributed by atoms with Crippen LogP contribution in [0.15, 0.2) is 4.79 Å². The summed E-state index contributed by atoms with van der Waals surface area (Å²) < 4.78 is 1.24. The maximum atomic E-state index is 12.4. The molecule has 3 rings (SSSR count). The summed E-state index contributed by atoms with van der Waals surface area (Å²) in [6.07, 6.45) is 1.94. The molecule has 1 atom stereocenters. The Morgan fingerprint density at radius 3 is 2.91 bits per heavy atom. The van der Waals surface area contributed by atoms with E-state index in [9.17, 15) is 9.59 Å². The summed E-state index contributed by atoms with van der Waals surface area (Å²) in [6.45, 7) is 5.60. The maximum absolute atomic E-state index is 12.4. The van der Waals surface area contributed by atoms with Crippen molar-refractivity contribution in [3.05, 3.63) is 21.6 Å². The molecule has 0 spiro atoms. The SMILES string of the molecule is Cc1nc2nc(N3CCCC(C)C3)[nH]n2c(=O)c1CC(=O)O. The Bertz CT molecular complexity index is 779. The number of anilines is 1. The monoisotopic (exact) mass is 305 g/mol. The van der Waals surface area contributed by atoms with Gasteiger partial charge in [-0.25, -0.2) is 4.98 Å². The van der Waals surface area contributed by atoms with Gasteiger partial charge in [0, 0.05) is 13.1 Å². The van der Waals surface area contributed by atoms with Crippen molar-refractivity contribution in [2.75, 3.05) is 18.0 Å². The van der Waals surface area contributed by atoms with Crippen LogP contribution in [0.2, 0.25) is 0 Å². The number of carboxylic acid groups (broad SMARTS) is 1. The van der Waals surface area contributed by atoms with Gasteiger partial charge < -0.3 is 10.0 Å². The lowest BCUT2D eigenvalue weighted by atomic mass is 10.0. The molecule has 118 valence electrons. The predicted molar refractivity (Wildman–Crippen MR) is 80.3 cm³/mol. The number of rotatable bonds is 3. The van der Waals surface area contributed by atoms with Gasteiger partial charge in [0.15, 0.2) is 0 Å². The van der Waals surface area contributed by atoms with Crippen LogP contribution in [0, 0.1) is 12.8 Å². The molecule has 2 N–H and O–H groups in total. The first-order chi connectivity index (χ1) is 10.5. The molecule has 1 fully saturated rings. The number of hydrogen-bond acceptors (Lipinski definition) is 5. The summed E-state index contributed by atoms with van der Waals surface area (Å²) in [4.78, 5) is 34.1. The molecular formula is C14H19N5O3. The number of carbonyl (C=O) groups is 1. The molecule has 0 amide bonds. The van der Waals surface area contributed by atoms with E-state index >= 15 is 0 Å². The zero-order chi connectivity index (χ0) is 15.9. The molecule has 8 heteroatoms. The molecule has 8 nitrogen and oxygen atoms in total. The molecule has 0 aromatic carbocycles. The lowest BCUT2D eigenvalue weighted by Gasteiger charge is -2.30. The highest BCUT2D eigenvalue weighted by atomic mass is 16.4. The number of nitrogens with one attached hydrogen (secondary N) is 1. The van der Waals surface area contributed by atoms with Crippen LogP contribution >= 0.6 is 0 Å². The van der Waals surface area contributed by atoms with E-state index in [1.807, 2.05) is 0 Å². The van der Waals surface area contributed by atoms with Gasteiger partial charge in [-0.3, -0.25) is 14.7 Å². The molecule has 1 aliphatic heterocycles. The molecule has 1 unspecified atom stereocenters. The van der Waals surface area contributed by atoms with Gasteiger partial charge in [-0.05, 0) is 25.7 Å². The molecule has 22 heavy (non-hydrogen) atoms. The van der Waals surface area contributed by atoms with Crippen LogP contribution in [0.3, 0.4) is 0 Å². The largest absolute Gasteiger partial charge is 0.481 e. The summed E-state index contributed by atoms with van der Waals surface area (Å²) in [7, 11) is 0. The number of aliphatic carboxylic acids is 1. The molecule has 0 radical (unpaired) electrons. The first-order valence-corrected chi connectivity index (χ1v) is 7.40. The minimum atomic E-state index is -1.05. The van der Waals surface area contributed by atoms with Gasteiger partial charge in [0.1, 0.15) is 0 Å². The first-order valence-electron chi connectivity index (χ1n) is 7.40. The second kappa shape index (κ2) is 5.43. The van der Waals surface area contributed by atoms with E-state index in [0.29, 0.717) is 17.6 Å². The fraction of sp³-hybridized carbons (Fsp3) is 0.571.